The minimum Gasteiger partial charge on any atom is -0.349 e. The highest BCUT2D eigenvalue weighted by Crippen LogP contribution is 2.33. The molecule has 0 aromatic rings. The van der Waals surface area contributed by atoms with Crippen LogP contribution in [0.25, 0.3) is 0 Å². The Morgan fingerprint density at radius 1 is 1.56 bits per heavy atom. The number of carbonyl (C=O) groups is 1. The monoisotopic (exact) mass is 245 g/mol. The number of alkyl halides is 1. The molecule has 1 aliphatic rings. The van der Waals surface area contributed by atoms with E-state index >= 15 is 0 Å². The van der Waals surface area contributed by atoms with Gasteiger partial charge in [0.15, 0.2) is 0 Å². The van der Waals surface area contributed by atoms with Gasteiger partial charge >= 0.3 is 0 Å². The predicted molar refractivity (Wildman–Crippen MR) is 68.8 cm³/mol. The third-order valence-corrected chi connectivity index (χ3v) is 4.02. The molecule has 1 rings (SSSR count). The third kappa shape index (κ3) is 3.97. The Bertz CT molecular complexity index is 232. The molecule has 1 N–H and O–H groups in total. The minimum absolute atomic E-state index is 0.121. The summed E-state index contributed by atoms with van der Waals surface area (Å²) in [7, 11) is 0. The SMILES string of the molecule is CCCCC(=O)NC1(CCl)CCCC(C)C1. The molecule has 2 nitrogen and oxygen atoms in total. The summed E-state index contributed by atoms with van der Waals surface area (Å²) in [6.45, 7) is 4.35. The van der Waals surface area contributed by atoms with Gasteiger partial charge in [-0.25, -0.2) is 0 Å². The zero-order valence-electron chi connectivity index (χ0n) is 10.5. The fourth-order valence-corrected chi connectivity index (χ4v) is 2.93. The first-order chi connectivity index (χ1) is 7.62. The van der Waals surface area contributed by atoms with E-state index in [2.05, 4.69) is 19.2 Å². The van der Waals surface area contributed by atoms with E-state index in [4.69, 9.17) is 11.6 Å². The van der Waals surface area contributed by atoms with Crippen molar-refractivity contribution in [2.45, 2.75) is 64.3 Å². The molecule has 1 aliphatic carbocycles. The molecule has 16 heavy (non-hydrogen) atoms. The summed E-state index contributed by atoms with van der Waals surface area (Å²) in [6.07, 6.45) is 7.21. The van der Waals surface area contributed by atoms with Crippen LogP contribution in [-0.4, -0.2) is 17.3 Å². The van der Waals surface area contributed by atoms with Gasteiger partial charge in [0.2, 0.25) is 5.91 Å². The van der Waals surface area contributed by atoms with Gasteiger partial charge in [-0.3, -0.25) is 4.79 Å². The number of carbonyl (C=O) groups excluding carboxylic acids is 1. The molecular weight excluding hydrogens is 222 g/mol. The average Bonchev–Trinajstić information content (AvgIpc) is 2.26. The number of halogens is 1. The first-order valence-corrected chi connectivity index (χ1v) is 7.02. The average molecular weight is 246 g/mol. The van der Waals surface area contributed by atoms with E-state index in [-0.39, 0.29) is 11.4 Å². The van der Waals surface area contributed by atoms with Crippen molar-refractivity contribution in [2.75, 3.05) is 5.88 Å². The lowest BCUT2D eigenvalue weighted by atomic mass is 9.77. The first-order valence-electron chi connectivity index (χ1n) is 6.49. The van der Waals surface area contributed by atoms with E-state index in [1.807, 2.05) is 0 Å². The highest BCUT2D eigenvalue weighted by atomic mass is 35.5. The lowest BCUT2D eigenvalue weighted by Crippen LogP contribution is -2.52. The van der Waals surface area contributed by atoms with Gasteiger partial charge in [0.25, 0.3) is 0 Å². The van der Waals surface area contributed by atoms with E-state index < -0.39 is 0 Å². The van der Waals surface area contributed by atoms with Crippen molar-refractivity contribution < 1.29 is 4.79 Å². The lowest BCUT2D eigenvalue weighted by Gasteiger charge is -2.39. The highest BCUT2D eigenvalue weighted by molar-refractivity contribution is 6.18. The standard InChI is InChI=1S/C13H24ClNO/c1-3-4-7-12(16)15-13(10-14)8-5-6-11(2)9-13/h11H,3-10H2,1-2H3,(H,15,16). The number of hydrogen-bond donors (Lipinski definition) is 1. The van der Waals surface area contributed by atoms with E-state index in [9.17, 15) is 4.79 Å². The van der Waals surface area contributed by atoms with E-state index in [0.717, 1.165) is 25.7 Å². The van der Waals surface area contributed by atoms with E-state index in [1.165, 1.54) is 12.8 Å². The Balaban J connectivity index is 2.49. The van der Waals surface area contributed by atoms with Crippen molar-refractivity contribution >= 4 is 17.5 Å². The summed E-state index contributed by atoms with van der Waals surface area (Å²) in [5.41, 5.74) is -0.121. The molecule has 3 heteroatoms. The topological polar surface area (TPSA) is 29.1 Å². The zero-order chi connectivity index (χ0) is 12.0. The normalized spacial score (nSPS) is 30.1. The molecule has 0 radical (unpaired) electrons. The summed E-state index contributed by atoms with van der Waals surface area (Å²) in [5, 5.41) is 3.18. The van der Waals surface area contributed by atoms with Gasteiger partial charge in [0.05, 0.1) is 5.54 Å². The summed E-state index contributed by atoms with van der Waals surface area (Å²) in [6, 6.07) is 0. The Morgan fingerprint density at radius 2 is 2.31 bits per heavy atom. The molecule has 0 aliphatic heterocycles. The second-order valence-electron chi connectivity index (χ2n) is 5.27. The molecule has 0 aromatic heterocycles. The number of nitrogens with one attached hydrogen (secondary N) is 1. The molecule has 2 unspecified atom stereocenters. The van der Waals surface area contributed by atoms with Gasteiger partial charge in [0.1, 0.15) is 0 Å². The molecule has 1 amide bonds. The quantitative estimate of drug-likeness (QED) is 0.739. The van der Waals surface area contributed by atoms with Crippen molar-refractivity contribution in [3.05, 3.63) is 0 Å². The van der Waals surface area contributed by atoms with Crippen molar-refractivity contribution in [1.82, 2.24) is 5.32 Å². The Morgan fingerprint density at radius 3 is 2.88 bits per heavy atom. The number of unbranched alkanes of at least 4 members (excludes halogenated alkanes) is 1. The Hall–Kier alpha value is -0.240. The van der Waals surface area contributed by atoms with Crippen LogP contribution in [0.4, 0.5) is 0 Å². The largest absolute Gasteiger partial charge is 0.349 e. The van der Waals surface area contributed by atoms with Gasteiger partial charge in [-0.2, -0.15) is 0 Å². The molecule has 0 bridgehead atoms. The van der Waals surface area contributed by atoms with Crippen LogP contribution < -0.4 is 5.32 Å². The van der Waals surface area contributed by atoms with Crippen molar-refractivity contribution in [1.29, 1.82) is 0 Å². The van der Waals surface area contributed by atoms with Crippen molar-refractivity contribution in [3.8, 4) is 0 Å². The summed E-state index contributed by atoms with van der Waals surface area (Å²) in [4.78, 5) is 11.8. The van der Waals surface area contributed by atoms with Crippen LogP contribution in [-0.2, 0) is 4.79 Å². The molecule has 0 saturated heterocycles. The van der Waals surface area contributed by atoms with E-state index in [0.29, 0.717) is 18.2 Å². The second-order valence-corrected chi connectivity index (χ2v) is 5.53. The Kier molecular flexibility index (Phi) is 5.60. The maximum Gasteiger partial charge on any atom is 0.220 e. The summed E-state index contributed by atoms with van der Waals surface area (Å²) >= 11 is 6.07. The van der Waals surface area contributed by atoms with Crippen LogP contribution in [0.3, 0.4) is 0 Å². The van der Waals surface area contributed by atoms with Crippen LogP contribution >= 0.6 is 11.6 Å². The van der Waals surface area contributed by atoms with Crippen molar-refractivity contribution in [2.24, 2.45) is 5.92 Å². The predicted octanol–water partition coefficient (Wildman–Crippen LogP) is 3.48. The summed E-state index contributed by atoms with van der Waals surface area (Å²) in [5.74, 6) is 1.41. The van der Waals surface area contributed by atoms with Crippen LogP contribution in [0.1, 0.15) is 58.8 Å². The minimum atomic E-state index is -0.121. The highest BCUT2D eigenvalue weighted by Gasteiger charge is 2.35. The second kappa shape index (κ2) is 6.48. The molecule has 0 heterocycles. The number of rotatable bonds is 5. The molecule has 94 valence electrons. The zero-order valence-corrected chi connectivity index (χ0v) is 11.3. The molecule has 0 aromatic carbocycles. The molecular formula is C13H24ClNO. The van der Waals surface area contributed by atoms with Crippen LogP contribution in [0.5, 0.6) is 0 Å². The number of hydrogen-bond acceptors (Lipinski definition) is 1. The molecule has 2 atom stereocenters. The number of amides is 1. The van der Waals surface area contributed by atoms with Gasteiger partial charge < -0.3 is 5.32 Å². The van der Waals surface area contributed by atoms with Crippen LogP contribution in [0.15, 0.2) is 0 Å². The lowest BCUT2D eigenvalue weighted by molar-refractivity contribution is -0.123. The first kappa shape index (κ1) is 13.8. The summed E-state index contributed by atoms with van der Waals surface area (Å²) < 4.78 is 0. The van der Waals surface area contributed by atoms with Gasteiger partial charge in [0, 0.05) is 12.3 Å². The smallest absolute Gasteiger partial charge is 0.220 e. The Labute approximate surface area is 104 Å². The fraction of sp³-hybridized carbons (Fsp3) is 0.923. The van der Waals surface area contributed by atoms with Crippen LogP contribution in [0, 0.1) is 5.92 Å². The molecule has 1 saturated carbocycles. The molecule has 0 spiro atoms. The van der Waals surface area contributed by atoms with Gasteiger partial charge in [-0.05, 0) is 25.2 Å². The van der Waals surface area contributed by atoms with Gasteiger partial charge in [-0.1, -0.05) is 33.1 Å². The van der Waals surface area contributed by atoms with Crippen LogP contribution in [0.2, 0.25) is 0 Å². The van der Waals surface area contributed by atoms with Crippen molar-refractivity contribution in [3.63, 3.8) is 0 Å². The van der Waals surface area contributed by atoms with E-state index in [1.54, 1.807) is 0 Å². The third-order valence-electron chi connectivity index (χ3n) is 3.51. The van der Waals surface area contributed by atoms with Gasteiger partial charge in [-0.15, -0.1) is 11.6 Å². The maximum atomic E-state index is 11.8. The maximum absolute atomic E-state index is 11.8. The fourth-order valence-electron chi connectivity index (χ4n) is 2.62. The molecule has 1 fully saturated rings.